The Balaban J connectivity index is 1.80. The van der Waals surface area contributed by atoms with Crippen LogP contribution in [0.4, 0.5) is 10.1 Å². The van der Waals surface area contributed by atoms with E-state index in [9.17, 15) is 22.4 Å². The van der Waals surface area contributed by atoms with Crippen molar-refractivity contribution in [2.24, 2.45) is 0 Å². The number of aryl methyl sites for hydroxylation is 2. The Labute approximate surface area is 246 Å². The van der Waals surface area contributed by atoms with E-state index in [1.807, 2.05) is 43.3 Å². The van der Waals surface area contributed by atoms with Crippen LogP contribution in [0.3, 0.4) is 0 Å². The van der Waals surface area contributed by atoms with Crippen molar-refractivity contribution in [1.29, 1.82) is 0 Å². The summed E-state index contributed by atoms with van der Waals surface area (Å²) in [5.41, 5.74) is 3.40. The first kappa shape index (κ1) is 30.5. The van der Waals surface area contributed by atoms with Crippen LogP contribution in [-0.2, 0) is 32.6 Å². The van der Waals surface area contributed by atoms with E-state index < -0.39 is 40.2 Å². The minimum Gasteiger partial charge on any atom is -0.357 e. The van der Waals surface area contributed by atoms with Gasteiger partial charge in [0, 0.05) is 20.0 Å². The Kier molecular flexibility index (Phi) is 9.75. The Bertz CT molecular complexity index is 1630. The van der Waals surface area contributed by atoms with Gasteiger partial charge in [0.25, 0.3) is 10.0 Å². The molecule has 0 heterocycles. The second kappa shape index (κ2) is 13.4. The van der Waals surface area contributed by atoms with Gasteiger partial charge in [0.2, 0.25) is 11.8 Å². The van der Waals surface area contributed by atoms with Crippen LogP contribution in [0.1, 0.15) is 22.3 Å². The van der Waals surface area contributed by atoms with Gasteiger partial charge in [-0.05, 0) is 60.9 Å². The van der Waals surface area contributed by atoms with E-state index in [0.717, 1.165) is 15.4 Å². The SMILES string of the molecule is CNC(=O)[C@@H](Cc1ccccc1)N(Cc1ccc(F)cc1)C(=O)CN(c1ccc(C)cc1C)S(=O)(=O)c1ccccc1. The first-order valence-electron chi connectivity index (χ1n) is 13.5. The van der Waals surface area contributed by atoms with E-state index in [2.05, 4.69) is 5.32 Å². The van der Waals surface area contributed by atoms with Crippen LogP contribution in [0.5, 0.6) is 0 Å². The number of hydrogen-bond donors (Lipinski definition) is 1. The molecule has 0 unspecified atom stereocenters. The standard InChI is InChI=1S/C33H34FN3O4S/c1-24-14-19-30(25(2)20-24)37(42(40,41)29-12-8-5-9-13-29)23-32(38)36(22-27-15-17-28(34)18-16-27)31(33(39)35-3)21-26-10-6-4-7-11-26/h4-20,31H,21-23H2,1-3H3,(H,35,39)/t31-/m1/s1. The Morgan fingerprint density at radius 3 is 2.05 bits per heavy atom. The van der Waals surface area contributed by atoms with Gasteiger partial charge in [0.05, 0.1) is 10.6 Å². The van der Waals surface area contributed by atoms with Gasteiger partial charge in [-0.1, -0.05) is 78.4 Å². The van der Waals surface area contributed by atoms with Crippen molar-refractivity contribution < 1.29 is 22.4 Å². The first-order valence-corrected chi connectivity index (χ1v) is 15.0. The summed E-state index contributed by atoms with van der Waals surface area (Å²) in [4.78, 5) is 29.0. The van der Waals surface area contributed by atoms with Crippen molar-refractivity contribution in [1.82, 2.24) is 10.2 Å². The van der Waals surface area contributed by atoms with E-state index in [4.69, 9.17) is 0 Å². The fraction of sp³-hybridized carbons (Fsp3) is 0.212. The number of halogens is 1. The number of sulfonamides is 1. The zero-order valence-electron chi connectivity index (χ0n) is 23.8. The molecule has 4 aromatic carbocycles. The third kappa shape index (κ3) is 7.22. The van der Waals surface area contributed by atoms with Crippen LogP contribution in [0.15, 0.2) is 108 Å². The number of hydrogen-bond acceptors (Lipinski definition) is 4. The number of carbonyl (C=O) groups is 2. The molecular weight excluding hydrogens is 553 g/mol. The van der Waals surface area contributed by atoms with Crippen molar-refractivity contribution in [3.63, 3.8) is 0 Å². The fourth-order valence-electron chi connectivity index (χ4n) is 4.83. The highest BCUT2D eigenvalue weighted by Gasteiger charge is 2.34. The number of nitrogens with zero attached hydrogens (tertiary/aromatic N) is 2. The zero-order valence-corrected chi connectivity index (χ0v) is 24.6. The van der Waals surface area contributed by atoms with E-state index in [1.165, 1.54) is 36.2 Å². The summed E-state index contributed by atoms with van der Waals surface area (Å²) in [6.45, 7) is 3.11. The van der Waals surface area contributed by atoms with Crippen LogP contribution in [0, 0.1) is 19.7 Å². The zero-order chi connectivity index (χ0) is 30.3. The molecular formula is C33H34FN3O4S. The molecule has 0 bridgehead atoms. The molecule has 1 atom stereocenters. The molecule has 4 rings (SSSR count). The van der Waals surface area contributed by atoms with Crippen molar-refractivity contribution >= 4 is 27.5 Å². The van der Waals surface area contributed by atoms with Crippen molar-refractivity contribution in [2.45, 2.75) is 37.8 Å². The second-order valence-corrected chi connectivity index (χ2v) is 11.9. The molecule has 0 saturated heterocycles. The molecule has 9 heteroatoms. The summed E-state index contributed by atoms with van der Waals surface area (Å²) >= 11 is 0. The largest absolute Gasteiger partial charge is 0.357 e. The molecule has 2 amide bonds. The smallest absolute Gasteiger partial charge is 0.264 e. The first-order chi connectivity index (χ1) is 20.1. The third-order valence-electron chi connectivity index (χ3n) is 7.01. The number of likely N-dealkylation sites (N-methyl/N-ethyl adjacent to an activating group) is 1. The topological polar surface area (TPSA) is 86.8 Å². The molecule has 0 aliphatic carbocycles. The summed E-state index contributed by atoms with van der Waals surface area (Å²) in [5, 5.41) is 2.65. The van der Waals surface area contributed by atoms with Gasteiger partial charge in [-0.25, -0.2) is 12.8 Å². The second-order valence-electron chi connectivity index (χ2n) is 10.1. The molecule has 0 aliphatic rings. The lowest BCUT2D eigenvalue weighted by Crippen LogP contribution is -2.53. The predicted molar refractivity (Wildman–Crippen MR) is 162 cm³/mol. The molecule has 1 N–H and O–H groups in total. The highest BCUT2D eigenvalue weighted by molar-refractivity contribution is 7.92. The van der Waals surface area contributed by atoms with Gasteiger partial charge in [0.1, 0.15) is 18.4 Å². The van der Waals surface area contributed by atoms with E-state index >= 15 is 0 Å². The summed E-state index contributed by atoms with van der Waals surface area (Å²) in [5.74, 6) is -1.42. The maximum atomic E-state index is 14.3. The molecule has 42 heavy (non-hydrogen) atoms. The van der Waals surface area contributed by atoms with Crippen LogP contribution in [0.2, 0.25) is 0 Å². The molecule has 218 valence electrons. The highest BCUT2D eigenvalue weighted by atomic mass is 32.2. The number of rotatable bonds is 11. The van der Waals surface area contributed by atoms with Gasteiger partial charge in [-0.3, -0.25) is 13.9 Å². The molecule has 0 radical (unpaired) electrons. The van der Waals surface area contributed by atoms with Gasteiger partial charge in [-0.2, -0.15) is 0 Å². The monoisotopic (exact) mass is 587 g/mol. The average molecular weight is 588 g/mol. The lowest BCUT2D eigenvalue weighted by atomic mass is 10.0. The fourth-order valence-corrected chi connectivity index (χ4v) is 6.33. The molecule has 0 aromatic heterocycles. The predicted octanol–water partition coefficient (Wildman–Crippen LogP) is 5.02. The summed E-state index contributed by atoms with van der Waals surface area (Å²) in [7, 11) is -2.68. The number of benzene rings is 4. The van der Waals surface area contributed by atoms with Crippen molar-refractivity contribution in [3.8, 4) is 0 Å². The lowest BCUT2D eigenvalue weighted by Gasteiger charge is -2.34. The van der Waals surface area contributed by atoms with E-state index in [0.29, 0.717) is 16.8 Å². The Morgan fingerprint density at radius 2 is 1.45 bits per heavy atom. The van der Waals surface area contributed by atoms with Gasteiger partial charge in [-0.15, -0.1) is 0 Å². The summed E-state index contributed by atoms with van der Waals surface area (Å²) in [6, 6.07) is 27.2. The molecule has 0 fully saturated rings. The molecule has 0 aliphatic heterocycles. The van der Waals surface area contributed by atoms with Crippen LogP contribution < -0.4 is 9.62 Å². The average Bonchev–Trinajstić information content (AvgIpc) is 2.99. The Hall–Kier alpha value is -4.50. The van der Waals surface area contributed by atoms with E-state index in [-0.39, 0.29) is 17.9 Å². The van der Waals surface area contributed by atoms with Gasteiger partial charge in [0.15, 0.2) is 0 Å². The van der Waals surface area contributed by atoms with E-state index in [1.54, 1.807) is 49.4 Å². The van der Waals surface area contributed by atoms with Crippen molar-refractivity contribution in [2.75, 3.05) is 17.9 Å². The summed E-state index contributed by atoms with van der Waals surface area (Å²) < 4.78 is 42.8. The Morgan fingerprint density at radius 1 is 0.833 bits per heavy atom. The molecule has 4 aromatic rings. The molecule has 0 saturated carbocycles. The number of nitrogens with one attached hydrogen (secondary N) is 1. The molecule has 0 spiro atoms. The third-order valence-corrected chi connectivity index (χ3v) is 8.79. The quantitative estimate of drug-likeness (QED) is 0.267. The van der Waals surface area contributed by atoms with Gasteiger partial charge >= 0.3 is 0 Å². The minimum absolute atomic E-state index is 0.0316. The number of carbonyl (C=O) groups excluding carboxylic acids is 2. The molecule has 7 nitrogen and oxygen atoms in total. The van der Waals surface area contributed by atoms with Crippen LogP contribution in [-0.4, -0.2) is 44.8 Å². The normalized spacial score (nSPS) is 11.9. The number of anilines is 1. The van der Waals surface area contributed by atoms with Crippen molar-refractivity contribution in [3.05, 3.63) is 131 Å². The summed E-state index contributed by atoms with van der Waals surface area (Å²) in [6.07, 6.45) is 0.197. The minimum atomic E-state index is -4.17. The van der Waals surface area contributed by atoms with Gasteiger partial charge < -0.3 is 10.2 Å². The van der Waals surface area contributed by atoms with Crippen LogP contribution >= 0.6 is 0 Å². The van der Waals surface area contributed by atoms with Crippen LogP contribution in [0.25, 0.3) is 0 Å². The lowest BCUT2D eigenvalue weighted by molar-refractivity contribution is -0.139. The number of amides is 2. The highest BCUT2D eigenvalue weighted by Crippen LogP contribution is 2.28. The maximum absolute atomic E-state index is 14.3. The maximum Gasteiger partial charge on any atom is 0.264 e.